The standard InChI is InChI=1S/Cu.H4O5P2/c;1-6(2)5-7(3)4/h;6-7H,(H,1,2)(H,3,4)/q+2;/p-2. The van der Waals surface area contributed by atoms with E-state index in [-0.39, 0.29) is 17.1 Å². The summed E-state index contributed by atoms with van der Waals surface area (Å²) in [5.74, 6) is 0. The monoisotopic (exact) mass is 207 g/mol. The van der Waals surface area contributed by atoms with Gasteiger partial charge >= 0.3 is 17.1 Å². The number of rotatable bonds is 2. The predicted molar refractivity (Wildman–Crippen MR) is 19.1 cm³/mol. The molecule has 0 saturated carbocycles. The zero-order valence-electron chi connectivity index (χ0n) is 3.34. The maximum Gasteiger partial charge on any atom is 2.00 e. The molecule has 0 amide bonds. The van der Waals surface area contributed by atoms with Crippen molar-refractivity contribution in [3.63, 3.8) is 0 Å². The molecule has 0 aromatic rings. The van der Waals surface area contributed by atoms with E-state index in [1.165, 1.54) is 0 Å². The zero-order valence-corrected chi connectivity index (χ0v) is 6.28. The molecule has 0 spiro atoms. The summed E-state index contributed by atoms with van der Waals surface area (Å²) in [6.45, 7) is 0. The van der Waals surface area contributed by atoms with E-state index in [2.05, 4.69) is 4.31 Å². The van der Waals surface area contributed by atoms with E-state index in [0.717, 1.165) is 0 Å². The second kappa shape index (κ2) is 5.99. The van der Waals surface area contributed by atoms with Gasteiger partial charge in [0.05, 0.1) is 0 Å². The van der Waals surface area contributed by atoms with E-state index >= 15 is 0 Å². The van der Waals surface area contributed by atoms with Crippen molar-refractivity contribution in [1.82, 2.24) is 0 Å². The van der Waals surface area contributed by atoms with Gasteiger partial charge in [-0.15, -0.1) is 0 Å². The molecule has 0 rings (SSSR count). The Morgan fingerprint density at radius 1 is 1.12 bits per heavy atom. The summed E-state index contributed by atoms with van der Waals surface area (Å²) in [5.41, 5.74) is 0. The largest absolute Gasteiger partial charge is 2.00 e. The van der Waals surface area contributed by atoms with Crippen molar-refractivity contribution in [2.45, 2.75) is 0 Å². The van der Waals surface area contributed by atoms with Gasteiger partial charge in [-0.05, 0) is 0 Å². The van der Waals surface area contributed by atoms with Crippen LogP contribution in [0, 0.1) is 0 Å². The molecule has 0 aliphatic rings. The summed E-state index contributed by atoms with van der Waals surface area (Å²) in [7, 11) is -7.03. The van der Waals surface area contributed by atoms with Crippen LogP contribution in [-0.4, -0.2) is 0 Å². The van der Waals surface area contributed by atoms with Crippen LogP contribution >= 0.6 is 16.5 Å². The summed E-state index contributed by atoms with van der Waals surface area (Å²) in [5, 5.41) is 0. The molecule has 0 aromatic heterocycles. The van der Waals surface area contributed by atoms with Crippen LogP contribution in [0.15, 0.2) is 0 Å². The summed E-state index contributed by atoms with van der Waals surface area (Å²) < 4.78 is 21.8. The summed E-state index contributed by atoms with van der Waals surface area (Å²) >= 11 is 0. The fourth-order valence-electron chi connectivity index (χ4n) is 0.0680. The fraction of sp³-hybridized carbons (Fsp3) is 0. The molecule has 0 aliphatic heterocycles. The van der Waals surface area contributed by atoms with E-state index in [9.17, 15) is 18.9 Å². The first-order valence-electron chi connectivity index (χ1n) is 1.22. The van der Waals surface area contributed by atoms with Gasteiger partial charge < -0.3 is 18.9 Å². The van der Waals surface area contributed by atoms with Crippen molar-refractivity contribution in [3.05, 3.63) is 0 Å². The molecular weight excluding hydrogens is 205 g/mol. The minimum atomic E-state index is -3.51. The van der Waals surface area contributed by atoms with Crippen LogP contribution in [0.25, 0.3) is 0 Å². The van der Waals surface area contributed by atoms with Crippen LogP contribution in [0.1, 0.15) is 0 Å². The normalized spacial score (nSPS) is 16.2. The average molecular weight is 208 g/mol. The topological polar surface area (TPSA) is 89.5 Å². The quantitative estimate of drug-likeness (QED) is 0.406. The van der Waals surface area contributed by atoms with Crippen molar-refractivity contribution in [3.8, 4) is 0 Å². The molecule has 8 heavy (non-hydrogen) atoms. The molecular formula is H2CuO5P2. The van der Waals surface area contributed by atoms with Gasteiger partial charge in [0.15, 0.2) is 0 Å². The first-order valence-corrected chi connectivity index (χ1v) is 3.67. The minimum absolute atomic E-state index is 0. The molecule has 1 radical (unpaired) electrons. The molecule has 53 valence electrons. The zero-order chi connectivity index (χ0) is 5.86. The predicted octanol–water partition coefficient (Wildman–Crippen LogP) is -1.50. The van der Waals surface area contributed by atoms with E-state index in [1.807, 2.05) is 0 Å². The molecule has 2 atom stereocenters. The molecule has 0 fully saturated rings. The van der Waals surface area contributed by atoms with Crippen LogP contribution in [-0.2, 0) is 30.5 Å². The van der Waals surface area contributed by atoms with Gasteiger partial charge in [0.2, 0.25) is 0 Å². The third-order valence-corrected chi connectivity index (χ3v) is 1.50. The Bertz CT molecular complexity index is 86.6. The van der Waals surface area contributed by atoms with E-state index in [4.69, 9.17) is 0 Å². The van der Waals surface area contributed by atoms with Gasteiger partial charge in [-0.3, -0.25) is 4.31 Å². The van der Waals surface area contributed by atoms with Gasteiger partial charge in [-0.25, -0.2) is 0 Å². The second-order valence-electron chi connectivity index (χ2n) is 0.602. The summed E-state index contributed by atoms with van der Waals surface area (Å²) in [4.78, 5) is 18.6. The Morgan fingerprint density at radius 2 is 1.38 bits per heavy atom. The molecule has 0 N–H and O–H groups in total. The van der Waals surface area contributed by atoms with Gasteiger partial charge in [-0.2, -0.15) is 0 Å². The Balaban J connectivity index is 0. The number of hydrogen-bond acceptors (Lipinski definition) is 5. The molecule has 8 heteroatoms. The first kappa shape index (κ1) is 11.6. The Labute approximate surface area is 57.4 Å². The minimum Gasteiger partial charge on any atom is -0.781 e. The Kier molecular flexibility index (Phi) is 8.70. The van der Waals surface area contributed by atoms with Crippen molar-refractivity contribution in [2.75, 3.05) is 0 Å². The van der Waals surface area contributed by atoms with Crippen LogP contribution in [0.2, 0.25) is 0 Å². The fourth-order valence-corrected chi connectivity index (χ4v) is 0.612. The van der Waals surface area contributed by atoms with Gasteiger partial charge in [0.25, 0.3) is 0 Å². The maximum atomic E-state index is 9.29. The second-order valence-corrected chi connectivity index (χ2v) is 2.42. The third-order valence-electron chi connectivity index (χ3n) is 0.167. The first-order chi connectivity index (χ1) is 3.13. The maximum absolute atomic E-state index is 9.29. The van der Waals surface area contributed by atoms with Crippen LogP contribution in [0.3, 0.4) is 0 Å². The molecule has 0 aliphatic carbocycles. The molecule has 0 aromatic carbocycles. The van der Waals surface area contributed by atoms with E-state index in [1.54, 1.807) is 0 Å². The molecule has 5 nitrogen and oxygen atoms in total. The summed E-state index contributed by atoms with van der Waals surface area (Å²) in [6, 6.07) is 0. The smallest absolute Gasteiger partial charge is 0.781 e. The third kappa shape index (κ3) is 9.97. The SMILES string of the molecule is O=[PH]([O-])O[PH](=O)[O-].[Cu+2]. The molecule has 0 bridgehead atoms. The molecule has 0 heterocycles. The van der Waals surface area contributed by atoms with E-state index in [0.29, 0.717) is 0 Å². The van der Waals surface area contributed by atoms with E-state index < -0.39 is 16.5 Å². The van der Waals surface area contributed by atoms with Gasteiger partial charge in [0.1, 0.15) is 16.5 Å². The van der Waals surface area contributed by atoms with Crippen molar-refractivity contribution >= 4 is 16.5 Å². The van der Waals surface area contributed by atoms with Crippen molar-refractivity contribution < 1.29 is 40.3 Å². The van der Waals surface area contributed by atoms with Crippen LogP contribution < -0.4 is 9.79 Å². The van der Waals surface area contributed by atoms with Gasteiger partial charge in [-0.1, -0.05) is 0 Å². The Hall–Kier alpha value is 0.859. The van der Waals surface area contributed by atoms with Gasteiger partial charge in [0, 0.05) is 0 Å². The van der Waals surface area contributed by atoms with Crippen LogP contribution in [0.4, 0.5) is 0 Å². The van der Waals surface area contributed by atoms with Crippen molar-refractivity contribution in [2.24, 2.45) is 0 Å². The van der Waals surface area contributed by atoms with Crippen molar-refractivity contribution in [1.29, 1.82) is 0 Å². The Morgan fingerprint density at radius 3 is 1.38 bits per heavy atom. The summed E-state index contributed by atoms with van der Waals surface area (Å²) in [6.07, 6.45) is 0. The average Bonchev–Trinajstić information content (AvgIpc) is 1.27. The molecule has 0 saturated heterocycles. The molecule has 2 unspecified atom stereocenters. The van der Waals surface area contributed by atoms with Crippen LogP contribution in [0.5, 0.6) is 0 Å². The number of hydrogen-bond donors (Lipinski definition) is 0.